The highest BCUT2D eigenvalue weighted by molar-refractivity contribution is 6.00. The van der Waals surface area contributed by atoms with Crippen molar-refractivity contribution >= 4 is 23.7 Å². The number of carbonyl (C=O) groups is 3. The zero-order chi connectivity index (χ0) is 15.1. The molecular formula is C12H13FN2O5. The molecule has 0 aromatic heterocycles. The Balaban J connectivity index is 2.75. The average Bonchev–Trinajstić information content (AvgIpc) is 2.37. The Morgan fingerprint density at radius 1 is 1.35 bits per heavy atom. The van der Waals surface area contributed by atoms with Gasteiger partial charge in [-0.2, -0.15) is 0 Å². The number of amides is 2. The molecule has 0 aliphatic heterocycles. The fourth-order valence-electron chi connectivity index (χ4n) is 1.36. The molecule has 0 atom stereocenters. The van der Waals surface area contributed by atoms with Gasteiger partial charge in [0, 0.05) is 6.54 Å². The molecule has 7 nitrogen and oxygen atoms in total. The monoisotopic (exact) mass is 284 g/mol. The van der Waals surface area contributed by atoms with Crippen LogP contribution in [0.25, 0.3) is 0 Å². The summed E-state index contributed by atoms with van der Waals surface area (Å²) in [5.41, 5.74) is -0.0769. The number of rotatable bonds is 5. The summed E-state index contributed by atoms with van der Waals surface area (Å²) in [6, 6.07) is 2.44. The first-order valence-corrected chi connectivity index (χ1v) is 5.58. The summed E-state index contributed by atoms with van der Waals surface area (Å²) in [5.74, 6) is -2.43. The van der Waals surface area contributed by atoms with Gasteiger partial charge in [-0.05, 0) is 18.2 Å². The molecule has 8 heteroatoms. The maximum atomic E-state index is 13.1. The van der Waals surface area contributed by atoms with Crippen LogP contribution in [0.2, 0.25) is 0 Å². The van der Waals surface area contributed by atoms with Crippen molar-refractivity contribution < 1.29 is 28.6 Å². The molecule has 1 aromatic carbocycles. The van der Waals surface area contributed by atoms with Crippen LogP contribution < -0.4 is 10.6 Å². The largest absolute Gasteiger partial charge is 0.481 e. The van der Waals surface area contributed by atoms with E-state index in [1.54, 1.807) is 0 Å². The molecule has 0 heterocycles. The molecule has 0 spiro atoms. The maximum Gasteiger partial charge on any atom is 0.339 e. The van der Waals surface area contributed by atoms with Crippen LogP contribution in [0.1, 0.15) is 16.8 Å². The Morgan fingerprint density at radius 3 is 2.65 bits per heavy atom. The van der Waals surface area contributed by atoms with Gasteiger partial charge in [-0.25, -0.2) is 14.0 Å². The third kappa shape index (κ3) is 4.56. The molecule has 20 heavy (non-hydrogen) atoms. The highest BCUT2D eigenvalue weighted by Crippen LogP contribution is 2.18. The predicted molar refractivity (Wildman–Crippen MR) is 67.0 cm³/mol. The first-order valence-electron chi connectivity index (χ1n) is 5.58. The lowest BCUT2D eigenvalue weighted by Crippen LogP contribution is -2.31. The molecule has 3 N–H and O–H groups in total. The van der Waals surface area contributed by atoms with Crippen LogP contribution in [0, 0.1) is 5.82 Å². The van der Waals surface area contributed by atoms with Crippen LogP contribution in [0.5, 0.6) is 0 Å². The second-order valence-electron chi connectivity index (χ2n) is 3.71. The molecule has 1 aromatic rings. The number of urea groups is 1. The lowest BCUT2D eigenvalue weighted by molar-refractivity contribution is -0.136. The van der Waals surface area contributed by atoms with E-state index in [1.165, 1.54) is 6.07 Å². The standard InChI is InChI=1S/C12H13FN2O5/c1-20-11(18)8-3-2-7(13)6-9(8)15-12(19)14-5-4-10(16)17/h2-3,6H,4-5H2,1H3,(H,16,17)(H2,14,15,19). The smallest absolute Gasteiger partial charge is 0.339 e. The van der Waals surface area contributed by atoms with Gasteiger partial charge in [-0.15, -0.1) is 0 Å². The molecule has 2 amide bonds. The summed E-state index contributed by atoms with van der Waals surface area (Å²) >= 11 is 0. The van der Waals surface area contributed by atoms with Gasteiger partial charge in [0.15, 0.2) is 0 Å². The second kappa shape index (κ2) is 7.07. The van der Waals surface area contributed by atoms with Crippen LogP contribution in [0.4, 0.5) is 14.9 Å². The van der Waals surface area contributed by atoms with Gasteiger partial charge in [-0.1, -0.05) is 0 Å². The summed E-state index contributed by atoms with van der Waals surface area (Å²) in [6.45, 7) is -0.0932. The van der Waals surface area contributed by atoms with Gasteiger partial charge in [0.1, 0.15) is 5.82 Å². The predicted octanol–water partition coefficient (Wildman–Crippen LogP) is 1.21. The summed E-state index contributed by atoms with van der Waals surface area (Å²) in [5, 5.41) is 12.9. The first-order chi connectivity index (χ1) is 9.43. The maximum absolute atomic E-state index is 13.1. The van der Waals surface area contributed by atoms with Crippen molar-refractivity contribution in [1.29, 1.82) is 0 Å². The third-order valence-corrected chi connectivity index (χ3v) is 2.26. The Hall–Kier alpha value is -2.64. The number of hydrogen-bond acceptors (Lipinski definition) is 4. The number of carboxylic acids is 1. The number of anilines is 1. The molecule has 0 unspecified atom stereocenters. The zero-order valence-electron chi connectivity index (χ0n) is 10.6. The number of nitrogens with one attached hydrogen (secondary N) is 2. The van der Waals surface area contributed by atoms with Gasteiger partial charge in [0.2, 0.25) is 0 Å². The SMILES string of the molecule is COC(=O)c1ccc(F)cc1NC(=O)NCCC(=O)O. The van der Waals surface area contributed by atoms with Gasteiger partial charge in [0.05, 0.1) is 24.8 Å². The van der Waals surface area contributed by atoms with Crippen molar-refractivity contribution in [2.24, 2.45) is 0 Å². The number of carbonyl (C=O) groups excluding carboxylic acids is 2. The van der Waals surface area contributed by atoms with Crippen LogP contribution in [0.3, 0.4) is 0 Å². The molecule has 0 saturated heterocycles. The minimum atomic E-state index is -1.06. The summed E-state index contributed by atoms with van der Waals surface area (Å²) < 4.78 is 17.6. The van der Waals surface area contributed by atoms with E-state index in [1.807, 2.05) is 0 Å². The topological polar surface area (TPSA) is 105 Å². The summed E-state index contributed by atoms with van der Waals surface area (Å²) in [4.78, 5) is 33.2. The lowest BCUT2D eigenvalue weighted by atomic mass is 10.1. The average molecular weight is 284 g/mol. The van der Waals surface area contributed by atoms with Gasteiger partial charge in [0.25, 0.3) is 0 Å². The number of benzene rings is 1. The number of carboxylic acid groups (broad SMARTS) is 1. The van der Waals surface area contributed by atoms with Crippen molar-refractivity contribution in [2.75, 3.05) is 19.0 Å². The van der Waals surface area contributed by atoms with E-state index in [9.17, 15) is 18.8 Å². The van der Waals surface area contributed by atoms with Crippen LogP contribution in [-0.2, 0) is 9.53 Å². The van der Waals surface area contributed by atoms with E-state index >= 15 is 0 Å². The van der Waals surface area contributed by atoms with Crippen molar-refractivity contribution in [2.45, 2.75) is 6.42 Å². The number of ether oxygens (including phenoxy) is 1. The Kier molecular flexibility index (Phi) is 5.45. The molecule has 0 bridgehead atoms. The number of aliphatic carboxylic acids is 1. The molecule has 0 saturated carbocycles. The number of hydrogen-bond donors (Lipinski definition) is 3. The normalized spacial score (nSPS) is 9.70. The molecule has 0 aliphatic carbocycles. The zero-order valence-corrected chi connectivity index (χ0v) is 10.6. The van der Waals surface area contributed by atoms with Gasteiger partial charge in [-0.3, -0.25) is 4.79 Å². The Morgan fingerprint density at radius 2 is 2.05 bits per heavy atom. The minimum absolute atomic E-state index is 0.0118. The summed E-state index contributed by atoms with van der Waals surface area (Å²) in [6.07, 6.45) is -0.250. The molecular weight excluding hydrogens is 271 g/mol. The summed E-state index contributed by atoms with van der Waals surface area (Å²) in [7, 11) is 1.16. The van der Waals surface area contributed by atoms with Crippen LogP contribution in [0.15, 0.2) is 18.2 Å². The molecule has 1 rings (SSSR count). The van der Waals surface area contributed by atoms with E-state index in [0.29, 0.717) is 0 Å². The fraction of sp³-hybridized carbons (Fsp3) is 0.250. The highest BCUT2D eigenvalue weighted by Gasteiger charge is 2.14. The van der Waals surface area contributed by atoms with E-state index in [0.717, 1.165) is 19.2 Å². The second-order valence-corrected chi connectivity index (χ2v) is 3.71. The first kappa shape index (κ1) is 15.4. The number of halogens is 1. The van der Waals surface area contributed by atoms with E-state index in [2.05, 4.69) is 15.4 Å². The Bertz CT molecular complexity index is 533. The van der Waals surface area contributed by atoms with Crippen LogP contribution in [-0.4, -0.2) is 36.7 Å². The quantitative estimate of drug-likeness (QED) is 0.705. The molecule has 0 fully saturated rings. The minimum Gasteiger partial charge on any atom is -0.481 e. The van der Waals surface area contributed by atoms with E-state index in [4.69, 9.17) is 5.11 Å². The number of methoxy groups -OCH3 is 1. The molecule has 0 radical (unpaired) electrons. The Labute approximate surface area is 113 Å². The van der Waals surface area contributed by atoms with Crippen molar-refractivity contribution in [1.82, 2.24) is 5.32 Å². The lowest BCUT2D eigenvalue weighted by Gasteiger charge is -2.10. The van der Waals surface area contributed by atoms with Crippen molar-refractivity contribution in [3.05, 3.63) is 29.6 Å². The molecule has 108 valence electrons. The van der Waals surface area contributed by atoms with Gasteiger partial charge >= 0.3 is 18.0 Å². The molecule has 0 aliphatic rings. The van der Waals surface area contributed by atoms with Crippen molar-refractivity contribution in [3.63, 3.8) is 0 Å². The fourth-order valence-corrected chi connectivity index (χ4v) is 1.36. The van der Waals surface area contributed by atoms with E-state index < -0.39 is 23.8 Å². The van der Waals surface area contributed by atoms with Gasteiger partial charge < -0.3 is 20.5 Å². The van der Waals surface area contributed by atoms with E-state index in [-0.39, 0.29) is 24.2 Å². The number of esters is 1. The van der Waals surface area contributed by atoms with Crippen molar-refractivity contribution in [3.8, 4) is 0 Å². The highest BCUT2D eigenvalue weighted by atomic mass is 19.1. The van der Waals surface area contributed by atoms with Crippen LogP contribution >= 0.6 is 0 Å². The third-order valence-electron chi connectivity index (χ3n) is 2.26.